The third-order valence-electron chi connectivity index (χ3n) is 2.52. The maximum atomic E-state index is 11.3. The minimum Gasteiger partial charge on any atom is -0.321 e. The molecule has 0 amide bonds. The average Bonchev–Trinajstić information content (AvgIpc) is 2.15. The Morgan fingerprint density at radius 3 is 2.81 bits per heavy atom. The van der Waals surface area contributed by atoms with Gasteiger partial charge in [0.1, 0.15) is 5.65 Å². The van der Waals surface area contributed by atoms with Gasteiger partial charge in [0.15, 0.2) is 0 Å². The summed E-state index contributed by atoms with van der Waals surface area (Å²) in [5.41, 5.74) is 1.33. The van der Waals surface area contributed by atoms with E-state index in [1.165, 1.54) is 0 Å². The van der Waals surface area contributed by atoms with Gasteiger partial charge in [-0.2, -0.15) is 0 Å². The third kappa shape index (κ3) is 1.78. The van der Waals surface area contributed by atoms with Crippen molar-refractivity contribution in [3.8, 4) is 0 Å². The van der Waals surface area contributed by atoms with E-state index in [0.29, 0.717) is 10.4 Å². The van der Waals surface area contributed by atoms with Gasteiger partial charge in [0, 0.05) is 23.7 Å². The molecular weight excluding hydrogens is 222 g/mol. The zero-order valence-corrected chi connectivity index (χ0v) is 10.3. The third-order valence-corrected chi connectivity index (χ3v) is 2.82. The lowest BCUT2D eigenvalue weighted by atomic mass is 10.2. The Bertz CT molecular complexity index is 654. The topological polar surface area (TPSA) is 50.7 Å². The van der Waals surface area contributed by atoms with Gasteiger partial charge in [-0.1, -0.05) is 0 Å². The Morgan fingerprint density at radius 2 is 2.19 bits per heavy atom. The summed E-state index contributed by atoms with van der Waals surface area (Å²) in [4.78, 5) is 18.2. The zero-order valence-electron chi connectivity index (χ0n) is 9.44. The van der Waals surface area contributed by atoms with Crippen molar-refractivity contribution in [2.24, 2.45) is 0 Å². The molecule has 0 aliphatic rings. The predicted molar refractivity (Wildman–Crippen MR) is 66.3 cm³/mol. The normalized spacial score (nSPS) is 11.2. The van der Waals surface area contributed by atoms with E-state index in [-0.39, 0.29) is 11.6 Å². The minimum atomic E-state index is -0.144. The summed E-state index contributed by atoms with van der Waals surface area (Å²) in [7, 11) is 0. The molecule has 16 heavy (non-hydrogen) atoms. The second-order valence-electron chi connectivity index (χ2n) is 4.10. The van der Waals surface area contributed by atoms with Crippen molar-refractivity contribution < 1.29 is 0 Å². The molecule has 4 nitrogen and oxygen atoms in total. The zero-order chi connectivity index (χ0) is 11.9. The lowest BCUT2D eigenvalue weighted by Gasteiger charge is -2.12. The summed E-state index contributed by atoms with van der Waals surface area (Å²) in [5.74, 6) is 0. The van der Waals surface area contributed by atoms with Gasteiger partial charge < -0.3 is 9.55 Å². The molecule has 2 heterocycles. The number of aromatic nitrogens is 3. The lowest BCUT2D eigenvalue weighted by molar-refractivity contribution is 0.581. The highest BCUT2D eigenvalue weighted by atomic mass is 32.1. The number of H-pyrrole nitrogens is 1. The number of aryl methyl sites for hydroxylation is 1. The van der Waals surface area contributed by atoms with Crippen LogP contribution in [0.4, 0.5) is 0 Å². The molecule has 2 rings (SSSR count). The highest BCUT2D eigenvalue weighted by molar-refractivity contribution is 7.71. The van der Waals surface area contributed by atoms with Crippen LogP contribution in [-0.4, -0.2) is 14.5 Å². The van der Waals surface area contributed by atoms with Crippen LogP contribution in [0.1, 0.15) is 25.5 Å². The summed E-state index contributed by atoms with van der Waals surface area (Å²) in [6, 6.07) is 1.83. The molecule has 0 saturated heterocycles. The monoisotopic (exact) mass is 235 g/mol. The van der Waals surface area contributed by atoms with Gasteiger partial charge in [0.2, 0.25) is 10.3 Å². The van der Waals surface area contributed by atoms with Crippen molar-refractivity contribution in [2.75, 3.05) is 0 Å². The standard InChI is InChI=1S/C11H13N3OS/c1-6(2)14-5-8-7(3)4-9(15)12-10(8)13-11(14)16/h4-6H,1-3H3,(H,12,13,15,16). The van der Waals surface area contributed by atoms with Crippen LogP contribution >= 0.6 is 12.2 Å². The number of pyridine rings is 1. The Labute approximate surface area is 98.0 Å². The first-order chi connectivity index (χ1) is 7.49. The maximum absolute atomic E-state index is 11.3. The first-order valence-corrected chi connectivity index (χ1v) is 5.52. The van der Waals surface area contributed by atoms with Crippen LogP contribution in [0.5, 0.6) is 0 Å². The van der Waals surface area contributed by atoms with Crippen molar-refractivity contribution in [2.45, 2.75) is 26.8 Å². The Hall–Kier alpha value is -1.49. The molecule has 2 aromatic rings. The van der Waals surface area contributed by atoms with Gasteiger partial charge in [0.05, 0.1) is 0 Å². The van der Waals surface area contributed by atoms with Gasteiger partial charge in [-0.3, -0.25) is 4.79 Å². The molecule has 0 fully saturated rings. The van der Waals surface area contributed by atoms with Crippen LogP contribution < -0.4 is 5.56 Å². The van der Waals surface area contributed by atoms with E-state index in [2.05, 4.69) is 9.97 Å². The van der Waals surface area contributed by atoms with Gasteiger partial charge in [-0.15, -0.1) is 0 Å². The summed E-state index contributed by atoms with van der Waals surface area (Å²) in [5, 5.41) is 0.932. The fourth-order valence-corrected chi connectivity index (χ4v) is 2.00. The number of hydrogen-bond donors (Lipinski definition) is 1. The highest BCUT2D eigenvalue weighted by Gasteiger charge is 2.05. The number of hydrogen-bond acceptors (Lipinski definition) is 3. The Balaban J connectivity index is 2.90. The van der Waals surface area contributed by atoms with Gasteiger partial charge >= 0.3 is 0 Å². The summed E-state index contributed by atoms with van der Waals surface area (Å²) in [6.07, 6.45) is 1.95. The minimum absolute atomic E-state index is 0.144. The van der Waals surface area contributed by atoms with Gasteiger partial charge in [-0.05, 0) is 38.6 Å². The van der Waals surface area contributed by atoms with E-state index in [4.69, 9.17) is 12.2 Å². The van der Waals surface area contributed by atoms with Crippen molar-refractivity contribution in [1.29, 1.82) is 0 Å². The highest BCUT2D eigenvalue weighted by Crippen LogP contribution is 2.14. The first kappa shape index (κ1) is 11.0. The molecule has 0 radical (unpaired) electrons. The molecule has 0 atom stereocenters. The Kier molecular flexibility index (Phi) is 2.63. The quantitative estimate of drug-likeness (QED) is 0.772. The summed E-state index contributed by atoms with van der Waals surface area (Å²) in [6.45, 7) is 5.99. The van der Waals surface area contributed by atoms with Crippen molar-refractivity contribution in [1.82, 2.24) is 14.5 Å². The van der Waals surface area contributed by atoms with E-state index >= 15 is 0 Å². The number of nitrogens with zero attached hydrogens (tertiary/aromatic N) is 2. The van der Waals surface area contributed by atoms with Gasteiger partial charge in [-0.25, -0.2) is 4.98 Å². The van der Waals surface area contributed by atoms with Crippen LogP contribution in [0.25, 0.3) is 11.0 Å². The Morgan fingerprint density at radius 1 is 1.50 bits per heavy atom. The second-order valence-corrected chi connectivity index (χ2v) is 4.47. The fourth-order valence-electron chi connectivity index (χ4n) is 1.65. The second kappa shape index (κ2) is 3.83. The van der Waals surface area contributed by atoms with E-state index in [9.17, 15) is 4.79 Å². The van der Waals surface area contributed by atoms with Crippen LogP contribution in [-0.2, 0) is 0 Å². The van der Waals surface area contributed by atoms with Crippen LogP contribution in [0.15, 0.2) is 17.1 Å². The molecule has 0 spiro atoms. The van der Waals surface area contributed by atoms with Gasteiger partial charge in [0.25, 0.3) is 0 Å². The fraction of sp³-hybridized carbons (Fsp3) is 0.364. The molecule has 0 aromatic carbocycles. The van der Waals surface area contributed by atoms with Crippen LogP contribution in [0.3, 0.4) is 0 Å². The number of fused-ring (bicyclic) bond motifs is 1. The molecule has 0 aliphatic carbocycles. The number of aromatic amines is 1. The maximum Gasteiger partial charge on any atom is 0.249 e. The van der Waals surface area contributed by atoms with Crippen molar-refractivity contribution in [3.63, 3.8) is 0 Å². The van der Waals surface area contributed by atoms with E-state index in [1.54, 1.807) is 6.07 Å². The average molecular weight is 235 g/mol. The van der Waals surface area contributed by atoms with Crippen LogP contribution in [0, 0.1) is 11.7 Å². The smallest absolute Gasteiger partial charge is 0.249 e. The summed E-state index contributed by atoms with van der Waals surface area (Å²) >= 11 is 5.17. The van der Waals surface area contributed by atoms with Crippen LogP contribution in [0.2, 0.25) is 0 Å². The number of rotatable bonds is 1. The molecule has 2 aromatic heterocycles. The first-order valence-electron chi connectivity index (χ1n) is 5.12. The molecule has 0 bridgehead atoms. The lowest BCUT2D eigenvalue weighted by Crippen LogP contribution is -2.10. The molecule has 5 heteroatoms. The molecule has 0 saturated carbocycles. The molecule has 0 aliphatic heterocycles. The SMILES string of the molecule is Cc1cc(=O)[nH]c2nc(=S)n(C(C)C)cc12. The predicted octanol–water partition coefficient (Wildman–Crippen LogP) is 2.34. The van der Waals surface area contributed by atoms with E-state index in [1.807, 2.05) is 31.5 Å². The summed E-state index contributed by atoms with van der Waals surface area (Å²) < 4.78 is 2.41. The van der Waals surface area contributed by atoms with Crippen molar-refractivity contribution in [3.05, 3.63) is 33.0 Å². The van der Waals surface area contributed by atoms with Crippen molar-refractivity contribution >= 4 is 23.3 Å². The number of nitrogens with one attached hydrogen (secondary N) is 1. The van der Waals surface area contributed by atoms with E-state index < -0.39 is 0 Å². The molecule has 84 valence electrons. The molecule has 1 N–H and O–H groups in total. The molecule has 0 unspecified atom stereocenters. The largest absolute Gasteiger partial charge is 0.321 e. The van der Waals surface area contributed by atoms with E-state index in [0.717, 1.165) is 10.9 Å². The molecular formula is C11H13N3OS.